The van der Waals surface area contributed by atoms with Crippen molar-refractivity contribution < 1.29 is 54.3 Å². The zero-order chi connectivity index (χ0) is 54.6. The Morgan fingerprint density at radius 1 is 0.640 bits per heavy atom. The van der Waals surface area contributed by atoms with Gasteiger partial charge in [-0.25, -0.2) is 8.78 Å². The van der Waals surface area contributed by atoms with Gasteiger partial charge in [0.2, 0.25) is 0 Å². The molecule has 0 saturated carbocycles. The molecule has 3 atom stereocenters. The highest BCUT2D eigenvalue weighted by atomic mass is 19.4. The number of carbonyl (C=O) groups is 4. The van der Waals surface area contributed by atoms with Gasteiger partial charge in [-0.05, 0) is 101 Å². The molecule has 4 aliphatic heterocycles. The average molecular weight is 1050 g/mol. The fraction of sp³-hybridized carbons (Fsp3) is 0.455. The second-order valence-corrected chi connectivity index (χ2v) is 21.8. The monoisotopic (exact) mass is 1050 g/mol. The number of rotatable bonds is 15. The van der Waals surface area contributed by atoms with Gasteiger partial charge in [0.1, 0.15) is 11.1 Å². The number of amides is 4. The lowest BCUT2D eigenvalue weighted by atomic mass is 9.80. The zero-order valence-corrected chi connectivity index (χ0v) is 42.2. The van der Waals surface area contributed by atoms with E-state index in [0.717, 1.165) is 28.7 Å². The van der Waals surface area contributed by atoms with Gasteiger partial charge in [-0.3, -0.25) is 39.8 Å². The van der Waals surface area contributed by atoms with Crippen LogP contribution in [0.2, 0.25) is 0 Å². The molecule has 0 aromatic heterocycles. The maximum Gasteiger partial charge on any atom is 0.417 e. The van der Waals surface area contributed by atoms with E-state index in [1.807, 2.05) is 46.8 Å². The van der Waals surface area contributed by atoms with Crippen LogP contribution in [-0.2, 0) is 52.5 Å². The molecule has 400 valence electrons. The van der Waals surface area contributed by atoms with E-state index in [9.17, 15) is 54.3 Å². The van der Waals surface area contributed by atoms with E-state index in [0.29, 0.717) is 54.4 Å². The first-order valence-electron chi connectivity index (χ1n) is 24.9. The molecular weight excluding hydrogens is 989 g/mol. The topological polar surface area (TPSA) is 153 Å². The second-order valence-electron chi connectivity index (χ2n) is 21.8. The van der Waals surface area contributed by atoms with Crippen molar-refractivity contribution in [1.29, 1.82) is 10.8 Å². The zero-order valence-electron chi connectivity index (χ0n) is 42.2. The number of guanidine groups is 2. The van der Waals surface area contributed by atoms with Crippen molar-refractivity contribution in [2.45, 2.75) is 116 Å². The molecule has 12 nitrogen and oxygen atoms in total. The average Bonchev–Trinajstić information content (AvgIpc) is 4.04. The summed E-state index contributed by atoms with van der Waals surface area (Å²) in [5.41, 5.74) is -4.51. The van der Waals surface area contributed by atoms with E-state index < -0.39 is 94.7 Å². The molecule has 3 unspecified atom stereocenters. The first-order chi connectivity index (χ1) is 35.0. The molecule has 4 aromatic carbocycles. The summed E-state index contributed by atoms with van der Waals surface area (Å²) >= 11 is 0. The predicted octanol–water partition coefficient (Wildman–Crippen LogP) is 10.3. The van der Waals surface area contributed by atoms with Crippen molar-refractivity contribution >= 4 is 35.5 Å². The van der Waals surface area contributed by atoms with E-state index in [-0.39, 0.29) is 66.2 Å². The van der Waals surface area contributed by atoms with Crippen LogP contribution in [0, 0.1) is 28.1 Å². The van der Waals surface area contributed by atoms with Crippen LogP contribution in [0.25, 0.3) is 0 Å². The van der Waals surface area contributed by atoms with E-state index in [4.69, 9.17) is 10.8 Å². The molecule has 4 aliphatic rings. The minimum atomic E-state index is -4.98. The molecule has 0 spiro atoms. The van der Waals surface area contributed by atoms with Gasteiger partial charge in [-0.15, -0.1) is 0 Å². The Labute approximate surface area is 429 Å². The second kappa shape index (κ2) is 20.0. The minimum absolute atomic E-state index is 0.0599. The standard InChI is InChI=1S/C55H60F8N8O4/c1-33(2)28-53(47(75)71(49(65)67-53)30-37-14-18-43(55(61,62)63)41(27-37)45(73)69-24-22-51(56,57)32-69)39-15-11-35(12-16-39)25-34(3)19-20-52(38-9-7-6-8-10-38)46(74)70(48(64)66-52)29-36-13-17-42(54(58,59)60)40(26-36)44(72)68-23-21-50(4,5)31-68/h6-18,26-27,33-34H,19-25,28-32H2,1-5H3,(H2,64,66)(H2,65,67). The third-order valence-electron chi connectivity index (χ3n) is 14.8. The van der Waals surface area contributed by atoms with E-state index >= 15 is 0 Å². The van der Waals surface area contributed by atoms with Crippen molar-refractivity contribution in [3.8, 4) is 0 Å². The summed E-state index contributed by atoms with van der Waals surface area (Å²) in [7, 11) is 0. The molecule has 75 heavy (non-hydrogen) atoms. The Hall–Kier alpha value is -6.86. The molecule has 0 bridgehead atoms. The Balaban J connectivity index is 0.974. The first kappa shape index (κ1) is 54.4. The lowest BCUT2D eigenvalue weighted by molar-refractivity contribution is -0.138. The normalized spacial score (nSPS) is 22.1. The number of alkyl halides is 8. The van der Waals surface area contributed by atoms with E-state index in [1.54, 1.807) is 42.5 Å². The first-order valence-corrected chi connectivity index (χ1v) is 24.9. The van der Waals surface area contributed by atoms with Gasteiger partial charge in [-0.2, -0.15) is 26.3 Å². The Morgan fingerprint density at radius 2 is 1.11 bits per heavy atom. The van der Waals surface area contributed by atoms with Crippen LogP contribution in [-0.4, -0.2) is 87.2 Å². The molecule has 4 aromatic rings. The van der Waals surface area contributed by atoms with Crippen molar-refractivity contribution in [2.24, 2.45) is 17.3 Å². The Bertz CT molecular complexity index is 2890. The summed E-state index contributed by atoms with van der Waals surface area (Å²) < 4.78 is 113. The number of nitrogens with zero attached hydrogens (tertiary/aromatic N) is 4. The number of likely N-dealkylation sites (tertiary alicyclic amines) is 2. The number of hydrogen-bond acceptors (Lipinski definition) is 6. The summed E-state index contributed by atoms with van der Waals surface area (Å²) in [5, 5.41) is 24.0. The lowest BCUT2D eigenvalue weighted by Gasteiger charge is -2.30. The molecule has 4 N–H and O–H groups in total. The molecule has 4 heterocycles. The fourth-order valence-corrected chi connectivity index (χ4v) is 10.9. The van der Waals surface area contributed by atoms with E-state index in [1.165, 1.54) is 21.9 Å². The van der Waals surface area contributed by atoms with Crippen molar-refractivity contribution in [1.82, 2.24) is 30.2 Å². The fourth-order valence-electron chi connectivity index (χ4n) is 10.9. The number of nitrogens with one attached hydrogen (secondary N) is 4. The summed E-state index contributed by atoms with van der Waals surface area (Å²) in [4.78, 5) is 60.5. The van der Waals surface area contributed by atoms with Gasteiger partial charge < -0.3 is 20.4 Å². The van der Waals surface area contributed by atoms with Crippen LogP contribution in [0.4, 0.5) is 35.1 Å². The Kier molecular flexibility index (Phi) is 14.5. The highest BCUT2D eigenvalue weighted by Gasteiger charge is 2.53. The maximum atomic E-state index is 14.7. The molecule has 0 radical (unpaired) electrons. The quantitative estimate of drug-likeness (QED) is 0.0870. The van der Waals surface area contributed by atoms with Crippen molar-refractivity contribution in [3.63, 3.8) is 0 Å². The summed E-state index contributed by atoms with van der Waals surface area (Å²) in [6.07, 6.45) is -8.40. The summed E-state index contributed by atoms with van der Waals surface area (Å²) in [6.45, 7) is 8.18. The van der Waals surface area contributed by atoms with Gasteiger partial charge >= 0.3 is 12.4 Å². The third kappa shape index (κ3) is 11.1. The van der Waals surface area contributed by atoms with E-state index in [2.05, 4.69) is 10.6 Å². The van der Waals surface area contributed by atoms with Crippen LogP contribution in [0.15, 0.2) is 91.0 Å². The van der Waals surface area contributed by atoms with Crippen molar-refractivity contribution in [2.75, 3.05) is 26.2 Å². The number of benzene rings is 4. The van der Waals surface area contributed by atoms with Gasteiger partial charge in [-0.1, -0.05) is 101 Å². The number of hydrogen-bond donors (Lipinski definition) is 4. The van der Waals surface area contributed by atoms with Crippen LogP contribution in [0.1, 0.15) is 126 Å². The van der Waals surface area contributed by atoms with Crippen LogP contribution in [0.3, 0.4) is 0 Å². The smallest absolute Gasteiger partial charge is 0.338 e. The number of halogens is 8. The highest BCUT2D eigenvalue weighted by molar-refractivity contribution is 6.09. The summed E-state index contributed by atoms with van der Waals surface area (Å²) in [5.74, 6) is -6.94. The van der Waals surface area contributed by atoms with Crippen LogP contribution in [0.5, 0.6) is 0 Å². The summed E-state index contributed by atoms with van der Waals surface area (Å²) in [6, 6.07) is 22.1. The van der Waals surface area contributed by atoms with Crippen LogP contribution < -0.4 is 10.6 Å². The lowest BCUT2D eigenvalue weighted by Crippen LogP contribution is -2.45. The maximum absolute atomic E-state index is 14.7. The van der Waals surface area contributed by atoms with Gasteiger partial charge in [0.25, 0.3) is 29.6 Å². The SMILES string of the molecule is CC(C)CC1(c2ccc(CC(C)CCC3(c4ccccc4)NC(=N)N(Cc4ccc(C(F)(F)F)c(C(=O)N5CCC(C)(C)C5)c4)C3=O)cc2)NC(=N)N(Cc2ccc(C(F)(F)F)c(C(=O)N3CCC(F)(F)C3)c2)C1=O. The Morgan fingerprint density at radius 3 is 1.57 bits per heavy atom. The van der Waals surface area contributed by atoms with Gasteiger partial charge in [0, 0.05) is 26.1 Å². The third-order valence-corrected chi connectivity index (χ3v) is 14.8. The predicted molar refractivity (Wildman–Crippen MR) is 263 cm³/mol. The van der Waals surface area contributed by atoms with Crippen molar-refractivity contribution in [3.05, 3.63) is 141 Å². The molecule has 4 amide bonds. The minimum Gasteiger partial charge on any atom is -0.338 e. The number of carbonyl (C=O) groups excluding carboxylic acids is 4. The highest BCUT2D eigenvalue weighted by Crippen LogP contribution is 2.41. The molecular formula is C55H60F8N8O4. The molecule has 8 rings (SSSR count). The molecule has 0 aliphatic carbocycles. The van der Waals surface area contributed by atoms with Gasteiger partial charge in [0.05, 0.1) is 41.9 Å². The molecule has 4 fully saturated rings. The largest absolute Gasteiger partial charge is 0.417 e. The molecule has 4 saturated heterocycles. The molecule has 20 heteroatoms. The van der Waals surface area contributed by atoms with Crippen LogP contribution >= 0.6 is 0 Å². The van der Waals surface area contributed by atoms with Gasteiger partial charge in [0.15, 0.2) is 11.9 Å².